The Labute approximate surface area is 128 Å². The number of esters is 1. The van der Waals surface area contributed by atoms with Crippen LogP contribution in [0.5, 0.6) is 5.75 Å². The Bertz CT molecular complexity index is 692. The number of phenols is 1. The van der Waals surface area contributed by atoms with Gasteiger partial charge in [0.05, 0.1) is 5.56 Å². The first-order chi connectivity index (χ1) is 10.5. The number of amides is 1. The molecule has 0 aromatic heterocycles. The lowest BCUT2D eigenvalue weighted by Crippen LogP contribution is -2.21. The smallest absolute Gasteiger partial charge is 0.338 e. The lowest BCUT2D eigenvalue weighted by molar-refractivity contribution is -0.119. The van der Waals surface area contributed by atoms with Gasteiger partial charge in [-0.15, -0.1) is 0 Å². The summed E-state index contributed by atoms with van der Waals surface area (Å²) in [6.45, 7) is 3.45. The Morgan fingerprint density at radius 1 is 1.09 bits per heavy atom. The summed E-state index contributed by atoms with van der Waals surface area (Å²) >= 11 is 0. The van der Waals surface area contributed by atoms with Crippen molar-refractivity contribution in [2.24, 2.45) is 0 Å². The zero-order chi connectivity index (χ0) is 16.1. The summed E-state index contributed by atoms with van der Waals surface area (Å²) in [7, 11) is 0. The predicted octanol–water partition coefficient (Wildman–Crippen LogP) is 2.80. The molecule has 0 fully saturated rings. The lowest BCUT2D eigenvalue weighted by atomic mass is 10.1. The number of anilines is 1. The zero-order valence-corrected chi connectivity index (χ0v) is 12.4. The molecule has 0 bridgehead atoms. The van der Waals surface area contributed by atoms with E-state index in [9.17, 15) is 9.59 Å². The van der Waals surface area contributed by atoms with Crippen LogP contribution in [0.15, 0.2) is 42.5 Å². The largest absolute Gasteiger partial charge is 0.508 e. The van der Waals surface area contributed by atoms with Crippen molar-refractivity contribution >= 4 is 17.6 Å². The summed E-state index contributed by atoms with van der Waals surface area (Å²) in [6.07, 6.45) is 0. The van der Waals surface area contributed by atoms with Crippen molar-refractivity contribution in [3.8, 4) is 5.75 Å². The summed E-state index contributed by atoms with van der Waals surface area (Å²) in [5.74, 6) is -0.957. The molecule has 0 radical (unpaired) electrons. The van der Waals surface area contributed by atoms with E-state index in [4.69, 9.17) is 9.84 Å². The highest BCUT2D eigenvalue weighted by Crippen LogP contribution is 2.16. The topological polar surface area (TPSA) is 75.6 Å². The van der Waals surface area contributed by atoms with E-state index >= 15 is 0 Å². The van der Waals surface area contributed by atoms with Crippen LogP contribution < -0.4 is 5.32 Å². The fourth-order valence-electron chi connectivity index (χ4n) is 1.87. The van der Waals surface area contributed by atoms with Gasteiger partial charge >= 0.3 is 5.97 Å². The average molecular weight is 299 g/mol. The summed E-state index contributed by atoms with van der Waals surface area (Å²) in [5, 5.41) is 11.9. The van der Waals surface area contributed by atoms with Gasteiger partial charge in [-0.05, 0) is 55.3 Å². The van der Waals surface area contributed by atoms with E-state index in [-0.39, 0.29) is 17.9 Å². The number of benzene rings is 2. The highest BCUT2D eigenvalue weighted by molar-refractivity contribution is 5.96. The molecule has 0 aliphatic carbocycles. The number of ether oxygens (including phenoxy) is 1. The van der Waals surface area contributed by atoms with Gasteiger partial charge < -0.3 is 15.2 Å². The zero-order valence-electron chi connectivity index (χ0n) is 12.4. The molecule has 0 unspecified atom stereocenters. The normalized spacial score (nSPS) is 10.1. The molecule has 1 amide bonds. The molecular formula is C17H17NO4. The Hall–Kier alpha value is -2.82. The van der Waals surface area contributed by atoms with Crippen LogP contribution in [-0.4, -0.2) is 23.6 Å². The number of aromatic hydroxyl groups is 1. The Balaban J connectivity index is 1.91. The minimum atomic E-state index is -0.615. The van der Waals surface area contributed by atoms with Crippen molar-refractivity contribution in [2.45, 2.75) is 13.8 Å². The fourth-order valence-corrected chi connectivity index (χ4v) is 1.87. The van der Waals surface area contributed by atoms with Crippen LogP contribution in [0, 0.1) is 13.8 Å². The maximum atomic E-state index is 11.8. The van der Waals surface area contributed by atoms with Gasteiger partial charge in [-0.1, -0.05) is 12.1 Å². The Kier molecular flexibility index (Phi) is 4.78. The molecule has 0 saturated carbocycles. The van der Waals surface area contributed by atoms with Crippen molar-refractivity contribution in [1.82, 2.24) is 0 Å². The van der Waals surface area contributed by atoms with Gasteiger partial charge in [0.25, 0.3) is 5.91 Å². The van der Waals surface area contributed by atoms with Gasteiger partial charge in [0, 0.05) is 5.69 Å². The van der Waals surface area contributed by atoms with E-state index in [2.05, 4.69) is 5.32 Å². The van der Waals surface area contributed by atoms with Gasteiger partial charge in [0.1, 0.15) is 5.75 Å². The number of phenolic OH excluding ortho intramolecular Hbond substituents is 1. The number of hydrogen-bond donors (Lipinski definition) is 2. The van der Waals surface area contributed by atoms with Gasteiger partial charge in [-0.2, -0.15) is 0 Å². The molecule has 5 heteroatoms. The molecule has 0 aliphatic heterocycles. The maximum Gasteiger partial charge on any atom is 0.338 e. The monoisotopic (exact) mass is 299 g/mol. The molecule has 5 nitrogen and oxygen atoms in total. The van der Waals surface area contributed by atoms with Gasteiger partial charge in [0.2, 0.25) is 0 Å². The van der Waals surface area contributed by atoms with Crippen LogP contribution in [0.1, 0.15) is 21.5 Å². The van der Waals surface area contributed by atoms with Crippen LogP contribution in [0.4, 0.5) is 5.69 Å². The van der Waals surface area contributed by atoms with Crippen molar-refractivity contribution in [1.29, 1.82) is 0 Å². The number of carbonyl (C=O) groups is 2. The predicted molar refractivity (Wildman–Crippen MR) is 82.9 cm³/mol. The second kappa shape index (κ2) is 6.76. The minimum Gasteiger partial charge on any atom is -0.508 e. The van der Waals surface area contributed by atoms with E-state index in [1.165, 1.54) is 24.3 Å². The SMILES string of the molecule is Cc1ccc(C)c(NC(=O)COC(=O)c2ccc(O)cc2)c1. The molecule has 0 aliphatic rings. The highest BCUT2D eigenvalue weighted by Gasteiger charge is 2.11. The van der Waals surface area contributed by atoms with Crippen LogP contribution >= 0.6 is 0 Å². The molecule has 114 valence electrons. The quantitative estimate of drug-likeness (QED) is 0.851. The average Bonchev–Trinajstić information content (AvgIpc) is 2.49. The van der Waals surface area contributed by atoms with E-state index in [1.54, 1.807) is 0 Å². The highest BCUT2D eigenvalue weighted by atomic mass is 16.5. The third-order valence-electron chi connectivity index (χ3n) is 3.10. The molecule has 0 heterocycles. The van der Waals surface area contributed by atoms with E-state index < -0.39 is 11.9 Å². The van der Waals surface area contributed by atoms with Crippen LogP contribution in [0.25, 0.3) is 0 Å². The molecular weight excluding hydrogens is 282 g/mol. The van der Waals surface area contributed by atoms with Gasteiger partial charge in [-0.25, -0.2) is 4.79 Å². The van der Waals surface area contributed by atoms with E-state index in [1.807, 2.05) is 32.0 Å². The van der Waals surface area contributed by atoms with Gasteiger partial charge in [-0.3, -0.25) is 4.79 Å². The summed E-state index contributed by atoms with van der Waals surface area (Å²) in [6, 6.07) is 11.3. The second-order valence-corrected chi connectivity index (χ2v) is 4.99. The number of rotatable bonds is 4. The van der Waals surface area contributed by atoms with E-state index in [0.717, 1.165) is 11.1 Å². The minimum absolute atomic E-state index is 0.0595. The first-order valence-electron chi connectivity index (χ1n) is 6.79. The summed E-state index contributed by atoms with van der Waals surface area (Å²) in [4.78, 5) is 23.6. The molecule has 0 atom stereocenters. The number of carbonyl (C=O) groups excluding carboxylic acids is 2. The third kappa shape index (κ3) is 4.09. The molecule has 0 spiro atoms. The Morgan fingerprint density at radius 2 is 1.77 bits per heavy atom. The molecule has 2 N–H and O–H groups in total. The number of aryl methyl sites for hydroxylation is 2. The molecule has 2 rings (SSSR count). The molecule has 2 aromatic carbocycles. The standard InChI is InChI=1S/C17H17NO4/c1-11-3-4-12(2)15(9-11)18-16(20)10-22-17(21)13-5-7-14(19)8-6-13/h3-9,19H,10H2,1-2H3,(H,18,20). The summed E-state index contributed by atoms with van der Waals surface area (Å²) in [5.41, 5.74) is 2.94. The number of hydrogen-bond acceptors (Lipinski definition) is 4. The second-order valence-electron chi connectivity index (χ2n) is 4.99. The van der Waals surface area contributed by atoms with Crippen molar-refractivity contribution in [2.75, 3.05) is 11.9 Å². The van der Waals surface area contributed by atoms with Crippen LogP contribution in [0.3, 0.4) is 0 Å². The van der Waals surface area contributed by atoms with E-state index in [0.29, 0.717) is 5.69 Å². The third-order valence-corrected chi connectivity index (χ3v) is 3.10. The first-order valence-corrected chi connectivity index (χ1v) is 6.79. The van der Waals surface area contributed by atoms with Crippen molar-refractivity contribution in [3.63, 3.8) is 0 Å². The van der Waals surface area contributed by atoms with Crippen LogP contribution in [-0.2, 0) is 9.53 Å². The van der Waals surface area contributed by atoms with Crippen molar-refractivity contribution < 1.29 is 19.4 Å². The molecule has 0 saturated heterocycles. The van der Waals surface area contributed by atoms with Gasteiger partial charge in [0.15, 0.2) is 6.61 Å². The maximum absolute atomic E-state index is 11.8. The summed E-state index contributed by atoms with van der Waals surface area (Å²) < 4.78 is 4.94. The lowest BCUT2D eigenvalue weighted by Gasteiger charge is -2.10. The molecule has 22 heavy (non-hydrogen) atoms. The number of nitrogens with one attached hydrogen (secondary N) is 1. The van der Waals surface area contributed by atoms with Crippen molar-refractivity contribution in [3.05, 3.63) is 59.2 Å². The Morgan fingerprint density at radius 3 is 2.45 bits per heavy atom. The first kappa shape index (κ1) is 15.6. The van der Waals surface area contributed by atoms with Crippen LogP contribution in [0.2, 0.25) is 0 Å². The fraction of sp³-hybridized carbons (Fsp3) is 0.176. The molecule has 2 aromatic rings.